The lowest BCUT2D eigenvalue weighted by Gasteiger charge is -2.17. The number of aryl methyl sites for hydroxylation is 2. The average Bonchev–Trinajstić information content (AvgIpc) is 2.69. The van der Waals surface area contributed by atoms with Crippen LogP contribution in [0.1, 0.15) is 36.2 Å². The molecule has 1 unspecified atom stereocenters. The molecule has 1 heterocycles. The van der Waals surface area contributed by atoms with Gasteiger partial charge in [-0.3, -0.25) is 4.68 Å². The standard InChI is InChI=1S/C15H20BrN3/c1-4-15(12-6-5-7-14(16)8-12)17-9-13-10-19(3)18-11(13)2/h5-8,10,15,17H,4,9H2,1-3H3. The fraction of sp³-hybridized carbons (Fsp3) is 0.400. The molecule has 0 saturated carbocycles. The van der Waals surface area contributed by atoms with E-state index in [1.54, 1.807) is 0 Å². The molecule has 0 spiro atoms. The van der Waals surface area contributed by atoms with Crippen molar-refractivity contribution >= 4 is 15.9 Å². The topological polar surface area (TPSA) is 29.9 Å². The van der Waals surface area contributed by atoms with Gasteiger partial charge in [0.05, 0.1) is 5.69 Å². The SMILES string of the molecule is CCC(NCc1cn(C)nc1C)c1cccc(Br)c1. The van der Waals surface area contributed by atoms with Gasteiger partial charge in [0.15, 0.2) is 0 Å². The second-order valence-corrected chi connectivity index (χ2v) is 5.73. The molecule has 0 aliphatic rings. The summed E-state index contributed by atoms with van der Waals surface area (Å²) in [5.74, 6) is 0. The third-order valence-electron chi connectivity index (χ3n) is 3.31. The molecule has 0 fully saturated rings. The molecule has 0 saturated heterocycles. The van der Waals surface area contributed by atoms with Crippen molar-refractivity contribution in [2.45, 2.75) is 32.9 Å². The molecule has 1 aromatic carbocycles. The first kappa shape index (κ1) is 14.3. The van der Waals surface area contributed by atoms with Crippen LogP contribution in [0.3, 0.4) is 0 Å². The van der Waals surface area contributed by atoms with Crippen LogP contribution in [-0.2, 0) is 13.6 Å². The minimum absolute atomic E-state index is 0.372. The predicted octanol–water partition coefficient (Wildman–Crippen LogP) is 3.73. The van der Waals surface area contributed by atoms with Gasteiger partial charge < -0.3 is 5.32 Å². The molecule has 1 atom stereocenters. The van der Waals surface area contributed by atoms with Gasteiger partial charge in [-0.05, 0) is 31.0 Å². The maximum absolute atomic E-state index is 4.37. The summed E-state index contributed by atoms with van der Waals surface area (Å²) in [5, 5.41) is 7.98. The number of hydrogen-bond donors (Lipinski definition) is 1. The Hall–Kier alpha value is -1.13. The van der Waals surface area contributed by atoms with E-state index in [1.165, 1.54) is 11.1 Å². The third-order valence-corrected chi connectivity index (χ3v) is 3.81. The van der Waals surface area contributed by atoms with E-state index in [-0.39, 0.29) is 0 Å². The maximum Gasteiger partial charge on any atom is 0.0638 e. The molecule has 2 aromatic rings. The summed E-state index contributed by atoms with van der Waals surface area (Å²) < 4.78 is 3.00. The molecule has 19 heavy (non-hydrogen) atoms. The monoisotopic (exact) mass is 321 g/mol. The van der Waals surface area contributed by atoms with E-state index in [9.17, 15) is 0 Å². The smallest absolute Gasteiger partial charge is 0.0638 e. The summed E-state index contributed by atoms with van der Waals surface area (Å²) in [6, 6.07) is 8.86. The lowest BCUT2D eigenvalue weighted by molar-refractivity contribution is 0.518. The average molecular weight is 322 g/mol. The van der Waals surface area contributed by atoms with E-state index in [4.69, 9.17) is 0 Å². The molecule has 0 amide bonds. The Bertz CT molecular complexity index is 548. The number of aromatic nitrogens is 2. The molecule has 4 heteroatoms. The second-order valence-electron chi connectivity index (χ2n) is 4.81. The molecule has 1 N–H and O–H groups in total. The van der Waals surface area contributed by atoms with Crippen LogP contribution in [0.25, 0.3) is 0 Å². The van der Waals surface area contributed by atoms with E-state index in [2.05, 4.69) is 70.7 Å². The lowest BCUT2D eigenvalue weighted by atomic mass is 10.0. The summed E-state index contributed by atoms with van der Waals surface area (Å²) in [6.45, 7) is 5.11. The van der Waals surface area contributed by atoms with Crippen LogP contribution in [-0.4, -0.2) is 9.78 Å². The number of rotatable bonds is 5. The van der Waals surface area contributed by atoms with Gasteiger partial charge in [-0.1, -0.05) is 35.0 Å². The van der Waals surface area contributed by atoms with Crippen molar-refractivity contribution in [3.8, 4) is 0 Å². The van der Waals surface area contributed by atoms with Gasteiger partial charge >= 0.3 is 0 Å². The summed E-state index contributed by atoms with van der Waals surface area (Å²) in [6.07, 6.45) is 3.14. The fourth-order valence-corrected chi connectivity index (χ4v) is 2.69. The molecule has 1 aromatic heterocycles. The zero-order chi connectivity index (χ0) is 13.8. The van der Waals surface area contributed by atoms with Gasteiger partial charge in [0.2, 0.25) is 0 Å². The van der Waals surface area contributed by atoms with Crippen molar-refractivity contribution in [3.05, 3.63) is 51.8 Å². The highest BCUT2D eigenvalue weighted by molar-refractivity contribution is 9.10. The second kappa shape index (κ2) is 6.35. The van der Waals surface area contributed by atoms with Gasteiger partial charge in [0.1, 0.15) is 0 Å². The van der Waals surface area contributed by atoms with Crippen LogP contribution >= 0.6 is 15.9 Å². The number of nitrogens with one attached hydrogen (secondary N) is 1. The Morgan fingerprint density at radius 2 is 2.21 bits per heavy atom. The van der Waals surface area contributed by atoms with E-state index in [0.29, 0.717) is 6.04 Å². The molecule has 2 rings (SSSR count). The summed E-state index contributed by atoms with van der Waals surface area (Å²) in [5.41, 5.74) is 3.67. The normalized spacial score (nSPS) is 12.6. The number of hydrogen-bond acceptors (Lipinski definition) is 2. The van der Waals surface area contributed by atoms with Crippen LogP contribution in [0.4, 0.5) is 0 Å². The minimum Gasteiger partial charge on any atom is -0.306 e. The van der Waals surface area contributed by atoms with Crippen LogP contribution in [0.5, 0.6) is 0 Å². The molecule has 0 bridgehead atoms. The van der Waals surface area contributed by atoms with Crippen LogP contribution in [0, 0.1) is 6.92 Å². The van der Waals surface area contributed by atoms with Crippen molar-refractivity contribution < 1.29 is 0 Å². The van der Waals surface area contributed by atoms with Crippen molar-refractivity contribution in [2.75, 3.05) is 0 Å². The third kappa shape index (κ3) is 3.67. The first-order valence-corrected chi connectivity index (χ1v) is 7.37. The van der Waals surface area contributed by atoms with Gasteiger partial charge in [-0.15, -0.1) is 0 Å². The molecule has 3 nitrogen and oxygen atoms in total. The van der Waals surface area contributed by atoms with Gasteiger partial charge in [0, 0.05) is 35.9 Å². The van der Waals surface area contributed by atoms with E-state index in [1.807, 2.05) is 11.7 Å². The predicted molar refractivity (Wildman–Crippen MR) is 82.0 cm³/mol. The van der Waals surface area contributed by atoms with Crippen LogP contribution in [0.2, 0.25) is 0 Å². The quantitative estimate of drug-likeness (QED) is 0.909. The van der Waals surface area contributed by atoms with Crippen LogP contribution in [0.15, 0.2) is 34.9 Å². The van der Waals surface area contributed by atoms with Gasteiger partial charge in [-0.25, -0.2) is 0 Å². The molecule has 0 radical (unpaired) electrons. The summed E-state index contributed by atoms with van der Waals surface area (Å²) in [7, 11) is 1.96. The largest absolute Gasteiger partial charge is 0.306 e. The van der Waals surface area contributed by atoms with E-state index < -0.39 is 0 Å². The van der Waals surface area contributed by atoms with Crippen LogP contribution < -0.4 is 5.32 Å². The first-order valence-electron chi connectivity index (χ1n) is 6.58. The highest BCUT2D eigenvalue weighted by Crippen LogP contribution is 2.21. The van der Waals surface area contributed by atoms with E-state index in [0.717, 1.165) is 23.1 Å². The molecule has 102 valence electrons. The lowest BCUT2D eigenvalue weighted by Crippen LogP contribution is -2.20. The Balaban J connectivity index is 2.06. The Morgan fingerprint density at radius 3 is 2.79 bits per heavy atom. The van der Waals surface area contributed by atoms with E-state index >= 15 is 0 Å². The van der Waals surface area contributed by atoms with Gasteiger partial charge in [-0.2, -0.15) is 5.10 Å². The minimum atomic E-state index is 0.372. The molecule has 0 aliphatic carbocycles. The highest BCUT2D eigenvalue weighted by Gasteiger charge is 2.10. The number of halogens is 1. The molecule has 0 aliphatic heterocycles. The van der Waals surface area contributed by atoms with Crippen molar-refractivity contribution in [3.63, 3.8) is 0 Å². The summed E-state index contributed by atoms with van der Waals surface area (Å²) >= 11 is 3.53. The van der Waals surface area contributed by atoms with Crippen molar-refractivity contribution in [1.29, 1.82) is 0 Å². The summed E-state index contributed by atoms with van der Waals surface area (Å²) in [4.78, 5) is 0. The van der Waals surface area contributed by atoms with Crippen molar-refractivity contribution in [1.82, 2.24) is 15.1 Å². The zero-order valence-electron chi connectivity index (χ0n) is 11.7. The van der Waals surface area contributed by atoms with Gasteiger partial charge in [0.25, 0.3) is 0 Å². The number of benzene rings is 1. The fourth-order valence-electron chi connectivity index (χ4n) is 2.28. The molecular weight excluding hydrogens is 302 g/mol. The van der Waals surface area contributed by atoms with Crippen molar-refractivity contribution in [2.24, 2.45) is 7.05 Å². The maximum atomic E-state index is 4.37. The first-order chi connectivity index (χ1) is 9.10. The zero-order valence-corrected chi connectivity index (χ0v) is 13.2. The molecular formula is C15H20BrN3. The number of nitrogens with zero attached hydrogens (tertiary/aromatic N) is 2. The Morgan fingerprint density at radius 1 is 1.42 bits per heavy atom. The Kier molecular flexibility index (Phi) is 4.77. The Labute approximate surface area is 123 Å². The highest BCUT2D eigenvalue weighted by atomic mass is 79.9.